The molecule has 3 rings (SSSR count). The van der Waals surface area contributed by atoms with Crippen LogP contribution in [0, 0.1) is 0 Å². The number of hydrogen-bond acceptors (Lipinski definition) is 5. The van der Waals surface area contributed by atoms with E-state index < -0.39 is 5.43 Å². The summed E-state index contributed by atoms with van der Waals surface area (Å²) in [6, 6.07) is 7.38. The molecule has 5 nitrogen and oxygen atoms in total. The van der Waals surface area contributed by atoms with E-state index in [9.17, 15) is 15.0 Å². The molecule has 96 valence electrons. The monoisotopic (exact) mass is 258 g/mol. The molecule has 2 N–H and O–H groups in total. The van der Waals surface area contributed by atoms with Crippen molar-refractivity contribution in [3.05, 3.63) is 40.6 Å². The number of aromatic hydroxyl groups is 2. The number of rotatable bonds is 1. The van der Waals surface area contributed by atoms with E-state index in [4.69, 9.17) is 9.15 Å². The van der Waals surface area contributed by atoms with Gasteiger partial charge in [0.2, 0.25) is 5.43 Å². The molecule has 0 aliphatic carbocycles. The van der Waals surface area contributed by atoms with Gasteiger partial charge in [0, 0.05) is 12.1 Å². The van der Waals surface area contributed by atoms with Gasteiger partial charge in [-0.3, -0.25) is 4.79 Å². The lowest BCUT2D eigenvalue weighted by molar-refractivity contribution is 0.408. The third-order valence-electron chi connectivity index (χ3n) is 2.97. The summed E-state index contributed by atoms with van der Waals surface area (Å²) < 4.78 is 10.5. The first-order valence-electron chi connectivity index (χ1n) is 5.57. The number of hydrogen-bond donors (Lipinski definition) is 2. The SMILES string of the molecule is COc1cc(O)c2c(=O)c3c(O)cccc3oc2c1. The maximum atomic E-state index is 12.3. The molecular formula is C14H10O5. The standard InChI is InChI=1S/C14H10O5/c1-18-7-5-9(16)13-11(6-7)19-10-4-2-3-8(15)12(10)14(13)17/h2-6,15-16H,1H3. The van der Waals surface area contributed by atoms with E-state index in [2.05, 4.69) is 0 Å². The van der Waals surface area contributed by atoms with Crippen molar-refractivity contribution in [2.24, 2.45) is 0 Å². The molecule has 1 heterocycles. The number of fused-ring (bicyclic) bond motifs is 2. The molecule has 0 radical (unpaired) electrons. The van der Waals surface area contributed by atoms with Gasteiger partial charge in [-0.1, -0.05) is 6.07 Å². The van der Waals surface area contributed by atoms with Gasteiger partial charge in [-0.15, -0.1) is 0 Å². The molecule has 0 amide bonds. The lowest BCUT2D eigenvalue weighted by atomic mass is 10.1. The minimum absolute atomic E-state index is 0.0230. The van der Waals surface area contributed by atoms with Gasteiger partial charge in [-0.05, 0) is 12.1 Å². The van der Waals surface area contributed by atoms with Gasteiger partial charge in [-0.25, -0.2) is 0 Å². The van der Waals surface area contributed by atoms with Crippen LogP contribution in [0.4, 0.5) is 0 Å². The van der Waals surface area contributed by atoms with Gasteiger partial charge in [-0.2, -0.15) is 0 Å². The second-order valence-corrected chi connectivity index (χ2v) is 4.10. The minimum atomic E-state index is -0.477. The molecular weight excluding hydrogens is 248 g/mol. The number of benzene rings is 2. The van der Waals surface area contributed by atoms with E-state index in [-0.39, 0.29) is 33.4 Å². The summed E-state index contributed by atoms with van der Waals surface area (Å²) in [4.78, 5) is 12.3. The smallest absolute Gasteiger partial charge is 0.208 e. The Morgan fingerprint density at radius 1 is 1.05 bits per heavy atom. The molecule has 0 unspecified atom stereocenters. The lowest BCUT2D eigenvalue weighted by Gasteiger charge is -2.06. The molecule has 19 heavy (non-hydrogen) atoms. The van der Waals surface area contributed by atoms with Gasteiger partial charge >= 0.3 is 0 Å². The van der Waals surface area contributed by atoms with Crippen LogP contribution in [0.15, 0.2) is 39.5 Å². The first-order chi connectivity index (χ1) is 9.11. The zero-order valence-corrected chi connectivity index (χ0v) is 10.0. The van der Waals surface area contributed by atoms with E-state index >= 15 is 0 Å². The molecule has 0 saturated carbocycles. The Morgan fingerprint density at radius 2 is 1.79 bits per heavy atom. The average Bonchev–Trinajstić information content (AvgIpc) is 2.37. The quantitative estimate of drug-likeness (QED) is 0.655. The van der Waals surface area contributed by atoms with E-state index in [0.717, 1.165) is 0 Å². The number of phenolic OH excluding ortho intramolecular Hbond substituents is 2. The predicted octanol–water partition coefficient (Wildman–Crippen LogP) is 2.37. The fraction of sp³-hybridized carbons (Fsp3) is 0.0714. The Morgan fingerprint density at radius 3 is 2.53 bits per heavy atom. The summed E-state index contributed by atoms with van der Waals surface area (Å²) in [5.41, 5.74) is -0.0143. The highest BCUT2D eigenvalue weighted by Gasteiger charge is 2.15. The maximum absolute atomic E-state index is 12.3. The molecule has 0 saturated heterocycles. The number of methoxy groups -OCH3 is 1. The third-order valence-corrected chi connectivity index (χ3v) is 2.97. The molecule has 0 fully saturated rings. The van der Waals surface area contributed by atoms with Crippen molar-refractivity contribution in [1.29, 1.82) is 0 Å². The zero-order chi connectivity index (χ0) is 13.6. The predicted molar refractivity (Wildman–Crippen MR) is 69.9 cm³/mol. The summed E-state index contributed by atoms with van der Waals surface area (Å²) in [5, 5.41) is 19.7. The Hall–Kier alpha value is -2.69. The molecule has 5 heteroatoms. The molecule has 0 aliphatic heterocycles. The average molecular weight is 258 g/mol. The highest BCUT2D eigenvalue weighted by molar-refractivity contribution is 5.96. The van der Waals surface area contributed by atoms with Crippen LogP contribution in [-0.4, -0.2) is 17.3 Å². The minimum Gasteiger partial charge on any atom is -0.507 e. The molecule has 0 spiro atoms. The Kier molecular flexibility index (Phi) is 2.35. The summed E-state index contributed by atoms with van der Waals surface area (Å²) in [5.74, 6) is -0.0377. The first kappa shape index (κ1) is 11.4. The van der Waals surface area contributed by atoms with Gasteiger partial charge in [0.1, 0.15) is 39.2 Å². The van der Waals surface area contributed by atoms with E-state index in [0.29, 0.717) is 5.75 Å². The molecule has 1 aromatic heterocycles. The van der Waals surface area contributed by atoms with Crippen LogP contribution >= 0.6 is 0 Å². The molecule has 0 atom stereocenters. The second kappa shape index (κ2) is 3.91. The lowest BCUT2D eigenvalue weighted by Crippen LogP contribution is -2.03. The number of ether oxygens (including phenoxy) is 1. The maximum Gasteiger partial charge on any atom is 0.208 e. The van der Waals surface area contributed by atoms with Crippen LogP contribution in [0.5, 0.6) is 17.2 Å². The highest BCUT2D eigenvalue weighted by Crippen LogP contribution is 2.32. The fourth-order valence-corrected chi connectivity index (χ4v) is 2.08. The normalized spacial score (nSPS) is 11.0. The Bertz CT molecular complexity index is 848. The van der Waals surface area contributed by atoms with Crippen molar-refractivity contribution in [1.82, 2.24) is 0 Å². The molecule has 2 aromatic carbocycles. The summed E-state index contributed by atoms with van der Waals surface area (Å²) in [6.07, 6.45) is 0. The van der Waals surface area contributed by atoms with Crippen molar-refractivity contribution in [3.8, 4) is 17.2 Å². The van der Waals surface area contributed by atoms with E-state index in [1.807, 2.05) is 0 Å². The molecule has 0 aliphatic rings. The molecule has 3 aromatic rings. The highest BCUT2D eigenvalue weighted by atomic mass is 16.5. The van der Waals surface area contributed by atoms with Crippen LogP contribution in [0.2, 0.25) is 0 Å². The van der Waals surface area contributed by atoms with Crippen molar-refractivity contribution in [3.63, 3.8) is 0 Å². The van der Waals surface area contributed by atoms with Gasteiger partial charge in [0.15, 0.2) is 0 Å². The molecule has 0 bridgehead atoms. The van der Waals surface area contributed by atoms with Crippen molar-refractivity contribution < 1.29 is 19.4 Å². The summed E-state index contributed by atoms with van der Waals surface area (Å²) >= 11 is 0. The van der Waals surface area contributed by atoms with Crippen molar-refractivity contribution >= 4 is 21.9 Å². The van der Waals surface area contributed by atoms with Crippen LogP contribution in [0.25, 0.3) is 21.9 Å². The van der Waals surface area contributed by atoms with Crippen LogP contribution in [-0.2, 0) is 0 Å². The van der Waals surface area contributed by atoms with Gasteiger partial charge in [0.05, 0.1) is 7.11 Å². The third kappa shape index (κ3) is 1.59. The zero-order valence-electron chi connectivity index (χ0n) is 10.0. The van der Waals surface area contributed by atoms with Gasteiger partial charge in [0.25, 0.3) is 0 Å². The van der Waals surface area contributed by atoms with Crippen LogP contribution < -0.4 is 10.2 Å². The number of phenols is 2. The largest absolute Gasteiger partial charge is 0.507 e. The van der Waals surface area contributed by atoms with Crippen molar-refractivity contribution in [2.75, 3.05) is 7.11 Å². The van der Waals surface area contributed by atoms with E-state index in [1.165, 1.54) is 25.3 Å². The summed E-state index contributed by atoms with van der Waals surface area (Å²) in [6.45, 7) is 0. The topological polar surface area (TPSA) is 79.9 Å². The van der Waals surface area contributed by atoms with Crippen molar-refractivity contribution in [2.45, 2.75) is 0 Å². The second-order valence-electron chi connectivity index (χ2n) is 4.10. The summed E-state index contributed by atoms with van der Waals surface area (Å²) in [7, 11) is 1.45. The van der Waals surface area contributed by atoms with E-state index in [1.54, 1.807) is 12.1 Å². The first-order valence-corrected chi connectivity index (χ1v) is 5.57. The van der Waals surface area contributed by atoms with Gasteiger partial charge < -0.3 is 19.4 Å². The van der Waals surface area contributed by atoms with Crippen LogP contribution in [0.1, 0.15) is 0 Å². The Balaban J connectivity index is 2.58. The fourth-order valence-electron chi connectivity index (χ4n) is 2.08. The van der Waals surface area contributed by atoms with Crippen LogP contribution in [0.3, 0.4) is 0 Å². The Labute approximate surface area is 107 Å².